The maximum atomic E-state index is 14.4. The predicted octanol–water partition coefficient (Wildman–Crippen LogP) is 5.80. The number of rotatable bonds is 8. The van der Waals surface area contributed by atoms with E-state index in [-0.39, 0.29) is 61.2 Å². The first-order valence-electron chi connectivity index (χ1n) is 14.8. The summed E-state index contributed by atoms with van der Waals surface area (Å²) in [6.45, 7) is 11.6. The normalized spacial score (nSPS) is 18.6. The quantitative estimate of drug-likeness (QED) is 0.335. The van der Waals surface area contributed by atoms with E-state index >= 15 is 0 Å². The molecule has 10 heteroatoms. The van der Waals surface area contributed by atoms with Crippen molar-refractivity contribution < 1.29 is 18.4 Å². The highest BCUT2D eigenvalue weighted by Gasteiger charge is 2.52. The Bertz CT molecular complexity index is 1580. The summed E-state index contributed by atoms with van der Waals surface area (Å²) in [6, 6.07) is 12.6. The van der Waals surface area contributed by atoms with Crippen LogP contribution in [0.3, 0.4) is 0 Å². The van der Waals surface area contributed by atoms with Crippen LogP contribution in [-0.2, 0) is 15.1 Å². The van der Waals surface area contributed by atoms with E-state index < -0.39 is 11.5 Å². The van der Waals surface area contributed by atoms with Crippen LogP contribution in [0.25, 0.3) is 10.9 Å². The Hall–Kier alpha value is -4.08. The fourth-order valence-electron chi connectivity index (χ4n) is 6.68. The fourth-order valence-corrected chi connectivity index (χ4v) is 6.68. The number of hydrogen-bond acceptors (Lipinski definition) is 5. The molecule has 1 N–H and O–H groups in total. The summed E-state index contributed by atoms with van der Waals surface area (Å²) >= 11 is 0. The maximum Gasteiger partial charge on any atom is 0.251 e. The second-order valence-corrected chi connectivity index (χ2v) is 12.1. The van der Waals surface area contributed by atoms with Gasteiger partial charge in [0, 0.05) is 68.7 Å². The van der Waals surface area contributed by atoms with Gasteiger partial charge in [-0.15, -0.1) is 0 Å². The lowest BCUT2D eigenvalue weighted by Crippen LogP contribution is -2.67. The number of anilines is 1. The van der Waals surface area contributed by atoms with Crippen LogP contribution in [0.4, 0.5) is 14.6 Å². The second-order valence-electron chi connectivity index (χ2n) is 12.1. The van der Waals surface area contributed by atoms with Crippen molar-refractivity contribution in [3.8, 4) is 0 Å². The van der Waals surface area contributed by atoms with Crippen molar-refractivity contribution in [2.24, 2.45) is 0 Å². The summed E-state index contributed by atoms with van der Waals surface area (Å²) in [5.41, 5.74) is 1.60. The molecule has 0 unspecified atom stereocenters. The van der Waals surface area contributed by atoms with Crippen LogP contribution in [-0.4, -0.2) is 56.2 Å². The molecule has 1 aliphatic carbocycles. The summed E-state index contributed by atoms with van der Waals surface area (Å²) in [4.78, 5) is 45.6. The number of alkyl halides is 2. The van der Waals surface area contributed by atoms with Crippen LogP contribution in [0.15, 0.2) is 66.1 Å². The molecule has 3 heterocycles. The molecule has 0 spiro atoms. The van der Waals surface area contributed by atoms with E-state index in [9.17, 15) is 23.2 Å². The summed E-state index contributed by atoms with van der Waals surface area (Å²) < 4.78 is 30.5. The number of nitrogens with one attached hydrogen (secondary N) is 1. The topological polar surface area (TPSA) is 87.5 Å². The molecule has 1 atom stereocenters. The SMILES string of the molecule is C=CC(=O)N1CC(N(C(C)=O)C2(c3ccc([C@H](C)Nc4cc5c(ccc(=O)n5C(C)C)cn4)cc3)CCC(F)(F)CC2)C1. The molecule has 1 saturated carbocycles. The zero-order valence-corrected chi connectivity index (χ0v) is 25.1. The summed E-state index contributed by atoms with van der Waals surface area (Å²) in [5, 5.41) is 4.29. The maximum absolute atomic E-state index is 14.4. The van der Waals surface area contributed by atoms with Crippen LogP contribution >= 0.6 is 0 Å². The fraction of sp³-hybridized carbons (Fsp3) is 0.455. The molecule has 0 bridgehead atoms. The number of amides is 2. The first-order chi connectivity index (χ1) is 20.3. The number of halogens is 2. The molecular formula is C33H39F2N5O3. The number of fused-ring (bicyclic) bond motifs is 1. The Morgan fingerprint density at radius 1 is 1.07 bits per heavy atom. The lowest BCUT2D eigenvalue weighted by atomic mass is 9.72. The highest BCUT2D eigenvalue weighted by Crippen LogP contribution is 2.49. The molecule has 2 aliphatic rings. The number of benzene rings is 1. The van der Waals surface area contributed by atoms with Gasteiger partial charge in [-0.25, -0.2) is 13.8 Å². The van der Waals surface area contributed by atoms with Crippen molar-refractivity contribution in [3.63, 3.8) is 0 Å². The molecule has 1 aliphatic heterocycles. The van der Waals surface area contributed by atoms with Crippen LogP contribution in [0.1, 0.15) is 76.6 Å². The van der Waals surface area contributed by atoms with E-state index in [2.05, 4.69) is 16.9 Å². The van der Waals surface area contributed by atoms with Gasteiger partial charge in [0.05, 0.1) is 17.1 Å². The van der Waals surface area contributed by atoms with Crippen molar-refractivity contribution in [2.45, 2.75) is 83.0 Å². The number of pyridine rings is 2. The molecular weight excluding hydrogens is 552 g/mol. The summed E-state index contributed by atoms with van der Waals surface area (Å²) in [7, 11) is 0. The molecule has 1 saturated heterocycles. The Labute approximate surface area is 250 Å². The standard InChI is InChI=1S/C33H39F2N5O3/c1-6-30(42)38-19-27(20-38)40(23(5)41)32(13-15-33(34,35)16-14-32)26-10-7-24(8-11-26)22(4)37-29-17-28-25(18-36-29)9-12-31(43)39(28)21(2)3/h6-12,17-18,21-22,27H,1,13-16,19-20H2,2-5H3,(H,36,37)/t22-/m0/s1. The summed E-state index contributed by atoms with van der Waals surface area (Å²) in [6.07, 6.45) is 2.64. The molecule has 0 radical (unpaired) electrons. The predicted molar refractivity (Wildman–Crippen MR) is 163 cm³/mol. The molecule has 2 aromatic heterocycles. The number of likely N-dealkylation sites (tertiary alicyclic amines) is 1. The van der Waals surface area contributed by atoms with Gasteiger partial charge in [0.2, 0.25) is 17.7 Å². The molecule has 2 fully saturated rings. The zero-order valence-electron chi connectivity index (χ0n) is 25.1. The number of hydrogen-bond donors (Lipinski definition) is 1. The lowest BCUT2D eigenvalue weighted by molar-refractivity contribution is -0.160. The Morgan fingerprint density at radius 3 is 2.30 bits per heavy atom. The van der Waals surface area contributed by atoms with Gasteiger partial charge < -0.3 is 19.7 Å². The number of aromatic nitrogens is 2. The molecule has 1 aromatic carbocycles. The van der Waals surface area contributed by atoms with Gasteiger partial charge in [-0.05, 0) is 56.9 Å². The summed E-state index contributed by atoms with van der Waals surface area (Å²) in [5.74, 6) is -2.55. The largest absolute Gasteiger partial charge is 0.363 e. The molecule has 3 aromatic rings. The highest BCUT2D eigenvalue weighted by molar-refractivity contribution is 5.88. The Kier molecular flexibility index (Phi) is 8.15. The third-order valence-corrected chi connectivity index (χ3v) is 8.97. The van der Waals surface area contributed by atoms with E-state index in [0.717, 1.165) is 22.0 Å². The Morgan fingerprint density at radius 2 is 1.72 bits per heavy atom. The van der Waals surface area contributed by atoms with E-state index in [1.807, 2.05) is 51.1 Å². The molecule has 5 rings (SSSR count). The van der Waals surface area contributed by atoms with Crippen molar-refractivity contribution in [2.75, 3.05) is 18.4 Å². The molecule has 43 heavy (non-hydrogen) atoms. The van der Waals surface area contributed by atoms with E-state index in [4.69, 9.17) is 0 Å². The third kappa shape index (κ3) is 5.79. The van der Waals surface area contributed by atoms with Crippen LogP contribution in [0, 0.1) is 0 Å². The molecule has 2 amide bonds. The lowest BCUT2D eigenvalue weighted by Gasteiger charge is -2.55. The zero-order chi connectivity index (χ0) is 31.1. The number of carbonyl (C=O) groups excluding carboxylic acids is 2. The van der Waals surface area contributed by atoms with Gasteiger partial charge >= 0.3 is 0 Å². The smallest absolute Gasteiger partial charge is 0.251 e. The average Bonchev–Trinajstić information content (AvgIpc) is 2.94. The van der Waals surface area contributed by atoms with Crippen LogP contribution in [0.5, 0.6) is 0 Å². The number of carbonyl (C=O) groups is 2. The minimum atomic E-state index is -2.78. The first-order valence-corrected chi connectivity index (χ1v) is 14.8. The monoisotopic (exact) mass is 591 g/mol. The second kappa shape index (κ2) is 11.5. The molecule has 228 valence electrons. The van der Waals surface area contributed by atoms with Crippen molar-refractivity contribution in [1.29, 1.82) is 0 Å². The van der Waals surface area contributed by atoms with Gasteiger partial charge in [0.1, 0.15) is 5.82 Å². The first kappa shape index (κ1) is 30.4. The minimum absolute atomic E-state index is 0.0106. The van der Waals surface area contributed by atoms with Crippen molar-refractivity contribution >= 4 is 28.5 Å². The van der Waals surface area contributed by atoms with Crippen molar-refractivity contribution in [3.05, 3.63) is 82.8 Å². The van der Waals surface area contributed by atoms with Gasteiger partial charge in [0.15, 0.2) is 0 Å². The van der Waals surface area contributed by atoms with E-state index in [1.54, 1.807) is 32.7 Å². The highest BCUT2D eigenvalue weighted by atomic mass is 19.3. The van der Waals surface area contributed by atoms with Crippen LogP contribution in [0.2, 0.25) is 0 Å². The average molecular weight is 592 g/mol. The van der Waals surface area contributed by atoms with E-state index in [1.165, 1.54) is 13.0 Å². The number of nitrogens with zero attached hydrogens (tertiary/aromatic N) is 4. The minimum Gasteiger partial charge on any atom is -0.363 e. The third-order valence-electron chi connectivity index (χ3n) is 8.97. The van der Waals surface area contributed by atoms with Gasteiger partial charge in [-0.3, -0.25) is 14.4 Å². The van der Waals surface area contributed by atoms with Gasteiger partial charge in [-0.2, -0.15) is 0 Å². The van der Waals surface area contributed by atoms with Gasteiger partial charge in [-0.1, -0.05) is 30.8 Å². The Balaban J connectivity index is 1.41. The van der Waals surface area contributed by atoms with Crippen LogP contribution < -0.4 is 10.9 Å². The molecule has 8 nitrogen and oxygen atoms in total. The van der Waals surface area contributed by atoms with Crippen molar-refractivity contribution in [1.82, 2.24) is 19.4 Å². The van der Waals surface area contributed by atoms with Gasteiger partial charge in [0.25, 0.3) is 5.56 Å². The van der Waals surface area contributed by atoms with E-state index in [0.29, 0.717) is 18.9 Å².